The Morgan fingerprint density at radius 1 is 1.46 bits per heavy atom. The van der Waals surface area contributed by atoms with Crippen LogP contribution in [0, 0.1) is 3.57 Å². The lowest BCUT2D eigenvalue weighted by Gasteiger charge is -2.02. The van der Waals surface area contributed by atoms with Gasteiger partial charge >= 0.3 is 0 Å². The van der Waals surface area contributed by atoms with Crippen LogP contribution >= 0.6 is 22.6 Å². The van der Waals surface area contributed by atoms with Crippen molar-refractivity contribution in [3.05, 3.63) is 27.3 Å². The van der Waals surface area contributed by atoms with Crippen LogP contribution in [0.3, 0.4) is 0 Å². The topological polar surface area (TPSA) is 54.4 Å². The van der Waals surface area contributed by atoms with Gasteiger partial charge in [-0.2, -0.15) is 8.42 Å². The second kappa shape index (κ2) is 3.93. The molecule has 0 bridgehead atoms. The van der Waals surface area contributed by atoms with Gasteiger partial charge in [0.15, 0.2) is 0 Å². The molecule has 1 rings (SSSR count). The van der Waals surface area contributed by atoms with Crippen LogP contribution in [-0.2, 0) is 16.5 Å². The predicted molar refractivity (Wildman–Crippen MR) is 58.4 cm³/mol. The lowest BCUT2D eigenvalue weighted by atomic mass is 10.2. The van der Waals surface area contributed by atoms with Crippen molar-refractivity contribution in [3.63, 3.8) is 0 Å². The van der Waals surface area contributed by atoms with E-state index < -0.39 is 10.1 Å². The van der Waals surface area contributed by atoms with Crippen LogP contribution in [0.5, 0.6) is 0 Å². The van der Waals surface area contributed by atoms with Crippen molar-refractivity contribution in [3.8, 4) is 0 Å². The van der Waals surface area contributed by atoms with E-state index in [0.29, 0.717) is 3.57 Å². The highest BCUT2D eigenvalue weighted by Gasteiger charge is 2.13. The molecule has 1 N–H and O–H groups in total. The highest BCUT2D eigenvalue weighted by Crippen LogP contribution is 2.19. The predicted octanol–water partition coefficient (Wildman–Crippen LogP) is 2.10. The maximum absolute atomic E-state index is 10.8. The average molecular weight is 312 g/mol. The van der Waals surface area contributed by atoms with Crippen LogP contribution < -0.4 is 0 Å². The molecule has 72 valence electrons. The van der Waals surface area contributed by atoms with Crippen molar-refractivity contribution < 1.29 is 13.0 Å². The van der Waals surface area contributed by atoms with E-state index in [1.165, 1.54) is 6.07 Å². The fourth-order valence-electron chi connectivity index (χ4n) is 0.973. The molecule has 1 aromatic carbocycles. The minimum atomic E-state index is -4.07. The van der Waals surface area contributed by atoms with Gasteiger partial charge in [-0.15, -0.1) is 0 Å². The van der Waals surface area contributed by atoms with Crippen LogP contribution in [0.1, 0.15) is 12.5 Å². The second-order valence-electron chi connectivity index (χ2n) is 2.59. The van der Waals surface area contributed by atoms with E-state index in [9.17, 15) is 8.42 Å². The molecule has 0 spiro atoms. The summed E-state index contributed by atoms with van der Waals surface area (Å²) in [6.07, 6.45) is 0.849. The molecule has 0 aliphatic heterocycles. The Labute approximate surface area is 91.1 Å². The zero-order valence-electron chi connectivity index (χ0n) is 6.99. The standard InChI is InChI=1S/C8H9IO3S/c1-2-6-3-4-8(7(9)5-6)13(10,11)12/h3-5H,2H2,1H3,(H,10,11,12). The first-order valence-electron chi connectivity index (χ1n) is 3.71. The van der Waals surface area contributed by atoms with E-state index in [1.807, 2.05) is 29.5 Å². The highest BCUT2D eigenvalue weighted by molar-refractivity contribution is 14.1. The van der Waals surface area contributed by atoms with Gasteiger partial charge in [0, 0.05) is 3.57 Å². The maximum atomic E-state index is 10.8. The van der Waals surface area contributed by atoms with Crippen LogP contribution in [0.25, 0.3) is 0 Å². The number of benzene rings is 1. The molecule has 0 saturated carbocycles. The van der Waals surface area contributed by atoms with Gasteiger partial charge in [0.05, 0.1) is 0 Å². The van der Waals surface area contributed by atoms with Crippen molar-refractivity contribution in [2.45, 2.75) is 18.2 Å². The number of hydrogen-bond acceptors (Lipinski definition) is 2. The first-order valence-corrected chi connectivity index (χ1v) is 6.23. The molecular formula is C8H9IO3S. The Hall–Kier alpha value is -0.140. The summed E-state index contributed by atoms with van der Waals surface area (Å²) in [5.74, 6) is 0. The molecule has 1 aromatic rings. The lowest BCUT2D eigenvalue weighted by molar-refractivity contribution is 0.482. The molecule has 3 nitrogen and oxygen atoms in total. The number of aryl methyl sites for hydroxylation is 1. The Bertz CT molecular complexity index is 411. The molecule has 0 heterocycles. The smallest absolute Gasteiger partial charge is 0.282 e. The van der Waals surface area contributed by atoms with Crippen molar-refractivity contribution in [2.75, 3.05) is 0 Å². The summed E-state index contributed by atoms with van der Waals surface area (Å²) in [4.78, 5) is -0.0229. The fourth-order valence-corrected chi connectivity index (χ4v) is 2.93. The third-order valence-electron chi connectivity index (χ3n) is 1.68. The molecular weight excluding hydrogens is 303 g/mol. The maximum Gasteiger partial charge on any atom is 0.295 e. The van der Waals surface area contributed by atoms with Gasteiger partial charge in [0.25, 0.3) is 10.1 Å². The zero-order chi connectivity index (χ0) is 10.1. The SMILES string of the molecule is CCc1ccc(S(=O)(=O)O)c(I)c1. The summed E-state index contributed by atoms with van der Waals surface area (Å²) in [5, 5.41) is 0. The lowest BCUT2D eigenvalue weighted by Crippen LogP contribution is -2.01. The van der Waals surface area contributed by atoms with E-state index in [1.54, 1.807) is 12.1 Å². The van der Waals surface area contributed by atoms with Crippen molar-refractivity contribution in [1.82, 2.24) is 0 Å². The van der Waals surface area contributed by atoms with Gasteiger partial charge in [-0.1, -0.05) is 13.0 Å². The summed E-state index contributed by atoms with van der Waals surface area (Å²) >= 11 is 1.90. The molecule has 13 heavy (non-hydrogen) atoms. The van der Waals surface area contributed by atoms with Gasteiger partial charge in [0.2, 0.25) is 0 Å². The van der Waals surface area contributed by atoms with Crippen LogP contribution in [0.4, 0.5) is 0 Å². The molecule has 0 radical (unpaired) electrons. The molecule has 0 fully saturated rings. The molecule has 0 amide bonds. The summed E-state index contributed by atoms with van der Waals surface area (Å²) in [6, 6.07) is 4.88. The van der Waals surface area contributed by atoms with E-state index in [4.69, 9.17) is 4.55 Å². The number of hydrogen-bond donors (Lipinski definition) is 1. The zero-order valence-corrected chi connectivity index (χ0v) is 9.96. The summed E-state index contributed by atoms with van der Waals surface area (Å²) in [7, 11) is -4.07. The van der Waals surface area contributed by atoms with Gasteiger partial charge in [-0.3, -0.25) is 4.55 Å². The highest BCUT2D eigenvalue weighted by atomic mass is 127. The molecule has 0 aliphatic rings. The van der Waals surface area contributed by atoms with Crippen LogP contribution in [0.2, 0.25) is 0 Å². The van der Waals surface area contributed by atoms with Crippen molar-refractivity contribution in [1.29, 1.82) is 0 Å². The Kier molecular flexibility index (Phi) is 3.31. The Morgan fingerprint density at radius 3 is 2.46 bits per heavy atom. The molecule has 0 saturated heterocycles. The minimum absolute atomic E-state index is 0.0229. The third-order valence-corrected chi connectivity index (χ3v) is 3.85. The van der Waals surface area contributed by atoms with E-state index in [2.05, 4.69) is 0 Å². The first kappa shape index (κ1) is 10.9. The van der Waals surface area contributed by atoms with Crippen molar-refractivity contribution >= 4 is 32.7 Å². The van der Waals surface area contributed by atoms with Gasteiger partial charge in [0.1, 0.15) is 4.90 Å². The van der Waals surface area contributed by atoms with Crippen LogP contribution in [0.15, 0.2) is 23.1 Å². The third kappa shape index (κ3) is 2.65. The largest absolute Gasteiger partial charge is 0.295 e. The molecule has 0 aromatic heterocycles. The Morgan fingerprint density at radius 2 is 2.08 bits per heavy atom. The number of rotatable bonds is 2. The van der Waals surface area contributed by atoms with E-state index in [0.717, 1.165) is 12.0 Å². The van der Waals surface area contributed by atoms with E-state index in [-0.39, 0.29) is 4.90 Å². The molecule has 5 heteroatoms. The summed E-state index contributed by atoms with van der Waals surface area (Å²) in [6.45, 7) is 1.98. The summed E-state index contributed by atoms with van der Waals surface area (Å²) < 4.78 is 31.0. The van der Waals surface area contributed by atoms with Gasteiger partial charge < -0.3 is 0 Å². The first-order chi connectivity index (χ1) is 5.95. The molecule has 0 atom stereocenters. The average Bonchev–Trinajstić information content (AvgIpc) is 2.01. The van der Waals surface area contributed by atoms with Gasteiger partial charge in [-0.25, -0.2) is 0 Å². The normalized spacial score (nSPS) is 11.6. The molecule has 0 aliphatic carbocycles. The van der Waals surface area contributed by atoms with E-state index >= 15 is 0 Å². The number of halogens is 1. The van der Waals surface area contributed by atoms with Crippen LogP contribution in [-0.4, -0.2) is 13.0 Å². The molecule has 0 unspecified atom stereocenters. The quantitative estimate of drug-likeness (QED) is 0.672. The van der Waals surface area contributed by atoms with Crippen molar-refractivity contribution in [2.24, 2.45) is 0 Å². The monoisotopic (exact) mass is 312 g/mol. The Balaban J connectivity index is 3.29. The van der Waals surface area contributed by atoms with Gasteiger partial charge in [-0.05, 0) is 46.7 Å². The fraction of sp³-hybridized carbons (Fsp3) is 0.250. The minimum Gasteiger partial charge on any atom is -0.282 e. The summed E-state index contributed by atoms with van der Waals surface area (Å²) in [5.41, 5.74) is 1.05. The second-order valence-corrected chi connectivity index (χ2v) is 5.15.